The Morgan fingerprint density at radius 1 is 1.12 bits per heavy atom. The van der Waals surface area contributed by atoms with Crippen LogP contribution in [0.2, 0.25) is 10.0 Å². The summed E-state index contributed by atoms with van der Waals surface area (Å²) in [7, 11) is -3.09. The van der Waals surface area contributed by atoms with Gasteiger partial charge in [-0.1, -0.05) is 29.3 Å². The standard InChI is InChI=1S/C21H17Cl2F3N4O3S/c1-10-7-14(22)15(23)9-16(10)33-20-17(11(2)18(29-30-20)21(24,25)26)19(31)28-12-5-4-6-13(8-12)34(3,27)32/h4-9,27H,1-3H3,(H,28,31). The van der Waals surface area contributed by atoms with Crippen molar-refractivity contribution in [3.63, 3.8) is 0 Å². The number of ether oxygens (including phenoxy) is 1. The number of nitrogens with one attached hydrogen (secondary N) is 2. The molecular weight excluding hydrogens is 516 g/mol. The van der Waals surface area contributed by atoms with Gasteiger partial charge in [0.1, 0.15) is 11.3 Å². The van der Waals surface area contributed by atoms with Gasteiger partial charge in [-0.25, -0.2) is 8.99 Å². The number of benzene rings is 2. The second kappa shape index (κ2) is 9.40. The van der Waals surface area contributed by atoms with Gasteiger partial charge in [-0.05, 0) is 49.2 Å². The zero-order valence-electron chi connectivity index (χ0n) is 17.9. The lowest BCUT2D eigenvalue weighted by atomic mass is 10.1. The van der Waals surface area contributed by atoms with Crippen LogP contribution in [0.1, 0.15) is 27.2 Å². The highest BCUT2D eigenvalue weighted by atomic mass is 35.5. The number of aryl methyl sites for hydroxylation is 1. The molecule has 0 aliphatic carbocycles. The molecule has 0 saturated heterocycles. The van der Waals surface area contributed by atoms with Crippen molar-refractivity contribution in [2.24, 2.45) is 0 Å². The van der Waals surface area contributed by atoms with Crippen molar-refractivity contribution in [3.05, 3.63) is 68.8 Å². The van der Waals surface area contributed by atoms with Gasteiger partial charge in [0.05, 0.1) is 19.8 Å². The molecule has 13 heteroatoms. The lowest BCUT2D eigenvalue weighted by molar-refractivity contribution is -0.142. The number of anilines is 1. The van der Waals surface area contributed by atoms with Gasteiger partial charge in [0.25, 0.3) is 11.8 Å². The second-order valence-corrected chi connectivity index (χ2v) is 10.3. The van der Waals surface area contributed by atoms with Gasteiger partial charge >= 0.3 is 6.18 Å². The molecule has 2 aromatic carbocycles. The number of nitrogens with zero attached hydrogens (tertiary/aromatic N) is 2. The molecule has 1 heterocycles. The zero-order valence-corrected chi connectivity index (χ0v) is 20.2. The van der Waals surface area contributed by atoms with Crippen LogP contribution in [0.3, 0.4) is 0 Å². The molecule has 0 spiro atoms. The Hall–Kier alpha value is -2.89. The molecule has 1 aromatic heterocycles. The zero-order chi connectivity index (χ0) is 25.4. The maximum Gasteiger partial charge on any atom is 0.435 e. The van der Waals surface area contributed by atoms with E-state index in [9.17, 15) is 22.2 Å². The molecule has 0 radical (unpaired) electrons. The summed E-state index contributed by atoms with van der Waals surface area (Å²) in [5.74, 6) is -1.35. The van der Waals surface area contributed by atoms with E-state index in [1.54, 1.807) is 6.92 Å². The molecule has 0 bridgehead atoms. The molecule has 1 atom stereocenters. The Kier molecular flexibility index (Phi) is 7.11. The van der Waals surface area contributed by atoms with Crippen LogP contribution in [0, 0.1) is 18.6 Å². The van der Waals surface area contributed by atoms with Crippen LogP contribution < -0.4 is 10.1 Å². The fourth-order valence-electron chi connectivity index (χ4n) is 2.96. The Morgan fingerprint density at radius 2 is 1.76 bits per heavy atom. The van der Waals surface area contributed by atoms with E-state index < -0.39 is 44.5 Å². The largest absolute Gasteiger partial charge is 0.437 e. The predicted molar refractivity (Wildman–Crippen MR) is 122 cm³/mol. The molecule has 0 saturated carbocycles. The third-order valence-electron chi connectivity index (χ3n) is 4.65. The number of aromatic nitrogens is 2. The van der Waals surface area contributed by atoms with Crippen molar-refractivity contribution in [1.29, 1.82) is 4.78 Å². The van der Waals surface area contributed by atoms with Crippen molar-refractivity contribution in [3.8, 4) is 11.6 Å². The van der Waals surface area contributed by atoms with Gasteiger partial charge < -0.3 is 10.1 Å². The third-order valence-corrected chi connectivity index (χ3v) is 6.52. The molecule has 0 aliphatic heterocycles. The summed E-state index contributed by atoms with van der Waals surface area (Å²) in [5.41, 5.74) is -1.77. The summed E-state index contributed by atoms with van der Waals surface area (Å²) in [5, 5.41) is 9.52. The number of amides is 1. The first-order valence-corrected chi connectivity index (χ1v) is 12.1. The number of hydrogen-bond acceptors (Lipinski definition) is 6. The number of alkyl halides is 3. The van der Waals surface area contributed by atoms with Crippen LogP contribution in [0.25, 0.3) is 0 Å². The van der Waals surface area contributed by atoms with E-state index in [-0.39, 0.29) is 26.4 Å². The minimum absolute atomic E-state index is 0.110. The van der Waals surface area contributed by atoms with Crippen molar-refractivity contribution >= 4 is 44.5 Å². The summed E-state index contributed by atoms with van der Waals surface area (Å²) < 4.78 is 65.7. The number of hydrogen-bond donors (Lipinski definition) is 2. The van der Waals surface area contributed by atoms with E-state index in [1.165, 1.54) is 42.7 Å². The maximum atomic E-state index is 13.5. The van der Waals surface area contributed by atoms with Gasteiger partial charge in [-0.15, -0.1) is 10.2 Å². The smallest absolute Gasteiger partial charge is 0.435 e. The summed E-state index contributed by atoms with van der Waals surface area (Å²) in [6, 6.07) is 8.45. The summed E-state index contributed by atoms with van der Waals surface area (Å²) in [4.78, 5) is 13.2. The summed E-state index contributed by atoms with van der Waals surface area (Å²) >= 11 is 12.0. The minimum atomic E-state index is -4.87. The second-order valence-electron chi connectivity index (χ2n) is 7.31. The highest BCUT2D eigenvalue weighted by molar-refractivity contribution is 7.91. The molecule has 3 aromatic rings. The highest BCUT2D eigenvalue weighted by Crippen LogP contribution is 2.37. The molecule has 2 N–H and O–H groups in total. The molecule has 1 amide bonds. The van der Waals surface area contributed by atoms with E-state index in [0.29, 0.717) is 5.56 Å². The Bertz CT molecular complexity index is 1400. The Balaban J connectivity index is 2.10. The minimum Gasteiger partial charge on any atom is -0.437 e. The summed E-state index contributed by atoms with van der Waals surface area (Å²) in [6.45, 7) is 2.69. The molecule has 0 fully saturated rings. The van der Waals surface area contributed by atoms with E-state index in [0.717, 1.165) is 6.92 Å². The van der Waals surface area contributed by atoms with Crippen molar-refractivity contribution in [2.75, 3.05) is 11.6 Å². The van der Waals surface area contributed by atoms with Gasteiger partial charge in [0.15, 0.2) is 5.69 Å². The van der Waals surface area contributed by atoms with Crippen LogP contribution in [0.4, 0.5) is 18.9 Å². The Labute approximate surface area is 203 Å². The number of rotatable bonds is 5. The van der Waals surface area contributed by atoms with Gasteiger partial charge in [-0.2, -0.15) is 13.2 Å². The number of halogens is 5. The van der Waals surface area contributed by atoms with Crippen LogP contribution in [-0.2, 0) is 15.9 Å². The van der Waals surface area contributed by atoms with Crippen LogP contribution in [-0.4, -0.2) is 26.6 Å². The van der Waals surface area contributed by atoms with Gasteiger partial charge in [0.2, 0.25) is 0 Å². The molecule has 180 valence electrons. The quantitative estimate of drug-likeness (QED) is 0.390. The fraction of sp³-hybridized carbons (Fsp3) is 0.190. The van der Waals surface area contributed by atoms with Crippen molar-refractivity contribution < 1.29 is 26.9 Å². The molecule has 3 rings (SSSR count). The normalized spacial score (nSPS) is 13.3. The van der Waals surface area contributed by atoms with Gasteiger partial charge in [-0.3, -0.25) is 4.79 Å². The molecule has 1 unspecified atom stereocenters. The molecular formula is C21H17Cl2F3N4O3S. The van der Waals surface area contributed by atoms with Crippen LogP contribution >= 0.6 is 23.2 Å². The first-order chi connectivity index (χ1) is 15.7. The lowest BCUT2D eigenvalue weighted by Gasteiger charge is -2.17. The summed E-state index contributed by atoms with van der Waals surface area (Å²) in [6.07, 6.45) is -3.67. The van der Waals surface area contributed by atoms with Gasteiger partial charge in [0, 0.05) is 22.9 Å². The number of carbonyl (C=O) groups is 1. The first-order valence-electron chi connectivity index (χ1n) is 9.41. The number of carbonyl (C=O) groups excluding carboxylic acids is 1. The molecule has 7 nitrogen and oxygen atoms in total. The van der Waals surface area contributed by atoms with E-state index >= 15 is 0 Å². The predicted octanol–water partition coefficient (Wildman–Crippen LogP) is 6.50. The van der Waals surface area contributed by atoms with Crippen LogP contribution in [0.5, 0.6) is 11.6 Å². The molecule has 34 heavy (non-hydrogen) atoms. The Morgan fingerprint density at radius 3 is 2.38 bits per heavy atom. The third kappa shape index (κ3) is 5.60. The van der Waals surface area contributed by atoms with Crippen molar-refractivity contribution in [2.45, 2.75) is 24.9 Å². The monoisotopic (exact) mass is 532 g/mol. The van der Waals surface area contributed by atoms with E-state index in [2.05, 4.69) is 15.5 Å². The SMILES string of the molecule is Cc1cc(Cl)c(Cl)cc1Oc1nnc(C(F)(F)F)c(C)c1C(=O)Nc1cccc(S(C)(=N)=O)c1. The average molecular weight is 533 g/mol. The van der Waals surface area contributed by atoms with E-state index in [4.69, 9.17) is 32.7 Å². The van der Waals surface area contributed by atoms with Crippen molar-refractivity contribution in [1.82, 2.24) is 10.2 Å². The van der Waals surface area contributed by atoms with Crippen LogP contribution in [0.15, 0.2) is 41.3 Å². The molecule has 0 aliphatic rings. The maximum absolute atomic E-state index is 13.5. The van der Waals surface area contributed by atoms with E-state index in [1.807, 2.05) is 0 Å². The lowest BCUT2D eigenvalue weighted by Crippen LogP contribution is -2.21. The highest BCUT2D eigenvalue weighted by Gasteiger charge is 2.38. The first kappa shape index (κ1) is 25.7. The topological polar surface area (TPSA) is 105 Å². The fourth-order valence-corrected chi connectivity index (χ4v) is 4.02. The average Bonchev–Trinajstić information content (AvgIpc) is 2.70.